The van der Waals surface area contributed by atoms with E-state index in [2.05, 4.69) is 10.4 Å². The smallest absolute Gasteiger partial charge is 0.150 e. The molecule has 3 nitrogen and oxygen atoms in total. The first-order valence-electron chi connectivity index (χ1n) is 6.91. The summed E-state index contributed by atoms with van der Waals surface area (Å²) in [7, 11) is 1.66. The lowest BCUT2D eigenvalue weighted by Crippen LogP contribution is -1.89. The predicted molar refractivity (Wildman–Crippen MR) is 88.7 cm³/mol. The van der Waals surface area contributed by atoms with Crippen LogP contribution in [-0.4, -0.2) is 18.4 Å². The summed E-state index contributed by atoms with van der Waals surface area (Å²) in [6.45, 7) is 0. The Kier molecular flexibility index (Phi) is 4.30. The summed E-state index contributed by atoms with van der Waals surface area (Å²) in [5.41, 5.74) is 3.91. The number of nitrogens with zero attached hydrogens (tertiary/aromatic N) is 1. The Morgan fingerprint density at radius 3 is 2.45 bits per heavy atom. The van der Waals surface area contributed by atoms with Crippen LogP contribution >= 0.6 is 11.3 Å². The SMILES string of the molecule is COc1ccc(-c2csc(Cc3ccc(C=O)cc3)n2)cc1. The first-order chi connectivity index (χ1) is 10.8. The van der Waals surface area contributed by atoms with Crippen LogP contribution in [0, 0.1) is 0 Å². The predicted octanol–water partition coefficient (Wildman–Crippen LogP) is 4.22. The Labute approximate surface area is 133 Å². The Morgan fingerprint density at radius 1 is 1.09 bits per heavy atom. The van der Waals surface area contributed by atoms with E-state index in [1.54, 1.807) is 18.4 Å². The maximum atomic E-state index is 10.7. The number of benzene rings is 2. The summed E-state index contributed by atoms with van der Waals surface area (Å²) in [6.07, 6.45) is 1.63. The van der Waals surface area contributed by atoms with Crippen molar-refractivity contribution in [3.8, 4) is 17.0 Å². The van der Waals surface area contributed by atoms with Gasteiger partial charge in [0.25, 0.3) is 0 Å². The summed E-state index contributed by atoms with van der Waals surface area (Å²) in [5, 5.41) is 3.13. The van der Waals surface area contributed by atoms with Crippen LogP contribution in [0.15, 0.2) is 53.9 Å². The number of carbonyl (C=O) groups excluding carboxylic acids is 1. The largest absolute Gasteiger partial charge is 0.497 e. The molecule has 1 aromatic heterocycles. The number of aldehydes is 1. The van der Waals surface area contributed by atoms with E-state index in [0.29, 0.717) is 5.56 Å². The van der Waals surface area contributed by atoms with Crippen molar-refractivity contribution in [2.75, 3.05) is 7.11 Å². The number of methoxy groups -OCH3 is 1. The topological polar surface area (TPSA) is 39.2 Å². The van der Waals surface area contributed by atoms with E-state index < -0.39 is 0 Å². The lowest BCUT2D eigenvalue weighted by molar-refractivity contribution is 0.112. The molecule has 0 aliphatic carbocycles. The summed E-state index contributed by atoms with van der Waals surface area (Å²) < 4.78 is 5.17. The van der Waals surface area contributed by atoms with Crippen molar-refractivity contribution >= 4 is 17.6 Å². The van der Waals surface area contributed by atoms with Gasteiger partial charge in [0.1, 0.15) is 12.0 Å². The molecule has 110 valence electrons. The van der Waals surface area contributed by atoms with Gasteiger partial charge in [-0.1, -0.05) is 24.3 Å². The molecule has 0 N–H and O–H groups in total. The summed E-state index contributed by atoms with van der Waals surface area (Å²) in [6, 6.07) is 15.5. The molecule has 0 radical (unpaired) electrons. The molecule has 0 bridgehead atoms. The lowest BCUT2D eigenvalue weighted by atomic mass is 10.1. The minimum absolute atomic E-state index is 0.696. The summed E-state index contributed by atoms with van der Waals surface area (Å²) in [4.78, 5) is 15.3. The molecule has 4 heteroatoms. The molecule has 0 unspecified atom stereocenters. The Balaban J connectivity index is 1.76. The maximum absolute atomic E-state index is 10.7. The fourth-order valence-electron chi connectivity index (χ4n) is 2.18. The zero-order valence-electron chi connectivity index (χ0n) is 12.2. The molecule has 0 aliphatic heterocycles. The van der Waals surface area contributed by atoms with Crippen molar-refractivity contribution in [2.24, 2.45) is 0 Å². The third kappa shape index (κ3) is 3.23. The summed E-state index contributed by atoms with van der Waals surface area (Å²) >= 11 is 1.65. The number of hydrogen-bond acceptors (Lipinski definition) is 4. The Hall–Kier alpha value is -2.46. The minimum atomic E-state index is 0.696. The van der Waals surface area contributed by atoms with Crippen LogP contribution in [0.1, 0.15) is 20.9 Å². The second-order valence-electron chi connectivity index (χ2n) is 4.89. The molecule has 1 heterocycles. The van der Waals surface area contributed by atoms with Gasteiger partial charge in [-0.15, -0.1) is 11.3 Å². The van der Waals surface area contributed by atoms with Crippen LogP contribution in [0.5, 0.6) is 5.75 Å². The van der Waals surface area contributed by atoms with Gasteiger partial charge in [0.05, 0.1) is 17.8 Å². The molecule has 3 rings (SSSR count). The number of aromatic nitrogens is 1. The van der Waals surface area contributed by atoms with Gasteiger partial charge in [0.15, 0.2) is 0 Å². The van der Waals surface area contributed by atoms with Crippen molar-refractivity contribution in [3.63, 3.8) is 0 Å². The van der Waals surface area contributed by atoms with Gasteiger partial charge in [-0.25, -0.2) is 4.98 Å². The van der Waals surface area contributed by atoms with Crippen LogP contribution in [0.2, 0.25) is 0 Å². The highest BCUT2D eigenvalue weighted by Gasteiger charge is 2.06. The fraction of sp³-hybridized carbons (Fsp3) is 0.111. The average molecular weight is 309 g/mol. The minimum Gasteiger partial charge on any atom is -0.497 e. The molecule has 2 aromatic carbocycles. The van der Waals surface area contributed by atoms with Crippen molar-refractivity contribution < 1.29 is 9.53 Å². The molecule has 0 saturated heterocycles. The Bertz CT molecular complexity index is 761. The zero-order valence-corrected chi connectivity index (χ0v) is 13.0. The molecular formula is C18H15NO2S. The van der Waals surface area contributed by atoms with E-state index >= 15 is 0 Å². The molecule has 0 spiro atoms. The first-order valence-corrected chi connectivity index (χ1v) is 7.79. The number of carbonyl (C=O) groups is 1. The van der Waals surface area contributed by atoms with Gasteiger partial charge < -0.3 is 4.74 Å². The van der Waals surface area contributed by atoms with E-state index in [4.69, 9.17) is 4.74 Å². The zero-order chi connectivity index (χ0) is 15.4. The molecule has 0 atom stereocenters. The molecule has 22 heavy (non-hydrogen) atoms. The van der Waals surface area contributed by atoms with Gasteiger partial charge in [-0.3, -0.25) is 4.79 Å². The fourth-order valence-corrected chi connectivity index (χ4v) is 3.01. The van der Waals surface area contributed by atoms with Crippen LogP contribution in [0.3, 0.4) is 0 Å². The van der Waals surface area contributed by atoms with Crippen LogP contribution in [-0.2, 0) is 6.42 Å². The number of ether oxygens (including phenoxy) is 1. The summed E-state index contributed by atoms with van der Waals surface area (Å²) in [5.74, 6) is 0.842. The normalized spacial score (nSPS) is 10.4. The van der Waals surface area contributed by atoms with Crippen molar-refractivity contribution in [1.82, 2.24) is 4.98 Å². The van der Waals surface area contributed by atoms with Gasteiger partial charge in [0.2, 0.25) is 0 Å². The van der Waals surface area contributed by atoms with E-state index in [0.717, 1.165) is 40.3 Å². The molecule has 0 fully saturated rings. The van der Waals surface area contributed by atoms with Crippen molar-refractivity contribution in [3.05, 3.63) is 70.0 Å². The molecule has 0 saturated carbocycles. The van der Waals surface area contributed by atoms with Gasteiger partial charge in [-0.05, 0) is 29.8 Å². The van der Waals surface area contributed by atoms with E-state index in [-0.39, 0.29) is 0 Å². The quantitative estimate of drug-likeness (QED) is 0.662. The van der Waals surface area contributed by atoms with E-state index in [1.165, 1.54) is 0 Å². The third-order valence-electron chi connectivity index (χ3n) is 3.41. The third-order valence-corrected chi connectivity index (χ3v) is 4.26. The maximum Gasteiger partial charge on any atom is 0.150 e. The lowest BCUT2D eigenvalue weighted by Gasteiger charge is -2.01. The molecule has 3 aromatic rings. The number of thiazole rings is 1. The molecular weight excluding hydrogens is 294 g/mol. The van der Waals surface area contributed by atoms with Crippen molar-refractivity contribution in [2.45, 2.75) is 6.42 Å². The highest BCUT2D eigenvalue weighted by molar-refractivity contribution is 7.10. The molecule has 0 amide bonds. The van der Waals surface area contributed by atoms with E-state index in [9.17, 15) is 4.79 Å². The monoisotopic (exact) mass is 309 g/mol. The van der Waals surface area contributed by atoms with Crippen LogP contribution < -0.4 is 4.74 Å². The van der Waals surface area contributed by atoms with Crippen LogP contribution in [0.25, 0.3) is 11.3 Å². The molecule has 0 aliphatic rings. The van der Waals surface area contributed by atoms with Gasteiger partial charge >= 0.3 is 0 Å². The first kappa shape index (κ1) is 14.5. The van der Waals surface area contributed by atoms with Crippen LogP contribution in [0.4, 0.5) is 0 Å². The van der Waals surface area contributed by atoms with Gasteiger partial charge in [-0.2, -0.15) is 0 Å². The van der Waals surface area contributed by atoms with Gasteiger partial charge in [0, 0.05) is 22.9 Å². The van der Waals surface area contributed by atoms with E-state index in [1.807, 2.05) is 48.5 Å². The average Bonchev–Trinajstić information content (AvgIpc) is 3.04. The highest BCUT2D eigenvalue weighted by Crippen LogP contribution is 2.25. The Morgan fingerprint density at radius 2 is 1.82 bits per heavy atom. The number of rotatable bonds is 5. The standard InChI is InChI=1S/C18H15NO2S/c1-21-16-8-6-15(7-9-16)17-12-22-18(19-17)10-13-2-4-14(11-20)5-3-13/h2-9,11-12H,10H2,1H3. The second kappa shape index (κ2) is 6.54. The number of hydrogen-bond donors (Lipinski definition) is 0. The van der Waals surface area contributed by atoms with Crippen molar-refractivity contribution in [1.29, 1.82) is 0 Å². The second-order valence-corrected chi connectivity index (χ2v) is 5.83. The highest BCUT2D eigenvalue weighted by atomic mass is 32.1.